The van der Waals surface area contributed by atoms with E-state index >= 15 is 0 Å². The number of likely N-dealkylation sites (tertiary alicyclic amines) is 1. The van der Waals surface area contributed by atoms with Crippen LogP contribution >= 0.6 is 0 Å². The van der Waals surface area contributed by atoms with Crippen molar-refractivity contribution in [1.82, 2.24) is 14.7 Å². The second kappa shape index (κ2) is 8.62. The van der Waals surface area contributed by atoms with Crippen LogP contribution in [-0.2, 0) is 17.8 Å². The van der Waals surface area contributed by atoms with Gasteiger partial charge in [0.25, 0.3) is 0 Å². The van der Waals surface area contributed by atoms with Gasteiger partial charge in [-0.2, -0.15) is 5.10 Å². The summed E-state index contributed by atoms with van der Waals surface area (Å²) in [5.41, 5.74) is 5.21. The number of aliphatic hydroxyl groups excluding tert-OH is 1. The number of aromatic nitrogens is 2. The molecule has 150 valence electrons. The van der Waals surface area contributed by atoms with Crippen LogP contribution in [0.5, 0.6) is 0 Å². The lowest BCUT2D eigenvalue weighted by atomic mass is 9.90. The highest BCUT2D eigenvalue weighted by molar-refractivity contribution is 5.78. The molecule has 5 heteroatoms. The highest BCUT2D eigenvalue weighted by atomic mass is 16.3. The zero-order valence-corrected chi connectivity index (χ0v) is 16.8. The van der Waals surface area contributed by atoms with E-state index in [2.05, 4.69) is 24.2 Å². The van der Waals surface area contributed by atoms with Gasteiger partial charge in [0.15, 0.2) is 0 Å². The molecule has 29 heavy (non-hydrogen) atoms. The average Bonchev–Trinajstić information content (AvgIpc) is 3.20. The van der Waals surface area contributed by atoms with Crippen molar-refractivity contribution in [2.24, 2.45) is 0 Å². The molecule has 1 fully saturated rings. The monoisotopic (exact) mass is 389 g/mol. The Morgan fingerprint density at radius 1 is 1.07 bits per heavy atom. The molecule has 1 aliphatic rings. The highest BCUT2D eigenvalue weighted by Gasteiger charge is 2.28. The van der Waals surface area contributed by atoms with Gasteiger partial charge in [0.1, 0.15) is 0 Å². The van der Waals surface area contributed by atoms with Crippen molar-refractivity contribution >= 4 is 5.91 Å². The number of aliphatic hydroxyl groups is 1. The van der Waals surface area contributed by atoms with Crippen LogP contribution in [0, 0.1) is 6.92 Å². The SMILES string of the molecule is Cc1ccc(CC(=O)N2CCC(c3c(CO)cnn3-c3ccccc3)CC2)cc1. The normalized spacial score (nSPS) is 14.9. The standard InChI is InChI=1S/C24H27N3O2/c1-18-7-9-19(10-8-18)15-23(29)26-13-11-20(12-14-26)24-21(17-28)16-25-27(24)22-5-3-2-4-6-22/h2-10,16,20,28H,11-15,17H2,1H3. The molecule has 0 atom stereocenters. The van der Waals surface area contributed by atoms with Crippen LogP contribution in [0.25, 0.3) is 5.69 Å². The molecule has 0 bridgehead atoms. The van der Waals surface area contributed by atoms with Crippen LogP contribution in [0.1, 0.15) is 41.1 Å². The molecule has 2 aromatic carbocycles. The largest absolute Gasteiger partial charge is 0.392 e. The molecule has 1 N–H and O–H groups in total. The molecule has 0 aliphatic carbocycles. The molecule has 1 aliphatic heterocycles. The second-order valence-corrected chi connectivity index (χ2v) is 7.78. The minimum atomic E-state index is -0.0191. The molecule has 0 unspecified atom stereocenters. The van der Waals surface area contributed by atoms with Gasteiger partial charge < -0.3 is 10.0 Å². The predicted molar refractivity (Wildman–Crippen MR) is 113 cm³/mol. The number of benzene rings is 2. The first-order valence-electron chi connectivity index (χ1n) is 10.2. The average molecular weight is 389 g/mol. The first kappa shape index (κ1) is 19.4. The number of para-hydroxylation sites is 1. The maximum Gasteiger partial charge on any atom is 0.226 e. The summed E-state index contributed by atoms with van der Waals surface area (Å²) in [6, 6.07) is 18.2. The zero-order valence-electron chi connectivity index (χ0n) is 16.8. The van der Waals surface area contributed by atoms with Crippen LogP contribution in [0.2, 0.25) is 0 Å². The Hall–Kier alpha value is -2.92. The number of amides is 1. The van der Waals surface area contributed by atoms with Crippen LogP contribution in [0.3, 0.4) is 0 Å². The van der Waals surface area contributed by atoms with Gasteiger partial charge in [-0.15, -0.1) is 0 Å². The van der Waals surface area contributed by atoms with E-state index in [1.54, 1.807) is 6.20 Å². The molecule has 5 nitrogen and oxygen atoms in total. The Bertz CT molecular complexity index is 956. The fourth-order valence-corrected chi connectivity index (χ4v) is 4.12. The van der Waals surface area contributed by atoms with E-state index in [9.17, 15) is 9.90 Å². The fraction of sp³-hybridized carbons (Fsp3) is 0.333. The van der Waals surface area contributed by atoms with Crippen molar-refractivity contribution in [1.29, 1.82) is 0 Å². The third-order valence-electron chi connectivity index (χ3n) is 5.77. The van der Waals surface area contributed by atoms with Gasteiger partial charge in [-0.25, -0.2) is 4.68 Å². The van der Waals surface area contributed by atoms with E-state index in [1.165, 1.54) is 5.56 Å². The smallest absolute Gasteiger partial charge is 0.226 e. The van der Waals surface area contributed by atoms with Crippen LogP contribution in [0.15, 0.2) is 60.8 Å². The zero-order chi connectivity index (χ0) is 20.2. The summed E-state index contributed by atoms with van der Waals surface area (Å²) in [4.78, 5) is 14.7. The molecule has 4 rings (SSSR count). The molecule has 0 spiro atoms. The molecule has 1 saturated heterocycles. The van der Waals surface area contributed by atoms with Gasteiger partial charge in [0.2, 0.25) is 5.91 Å². The van der Waals surface area contributed by atoms with Gasteiger partial charge in [0, 0.05) is 24.6 Å². The number of hydrogen-bond acceptors (Lipinski definition) is 3. The lowest BCUT2D eigenvalue weighted by Crippen LogP contribution is -2.39. The number of aryl methyl sites for hydroxylation is 1. The fourth-order valence-electron chi connectivity index (χ4n) is 4.12. The molecule has 2 heterocycles. The van der Waals surface area contributed by atoms with E-state index in [0.717, 1.165) is 48.4 Å². The second-order valence-electron chi connectivity index (χ2n) is 7.78. The summed E-state index contributed by atoms with van der Waals surface area (Å²) in [7, 11) is 0. The van der Waals surface area contributed by atoms with Gasteiger partial charge in [-0.05, 0) is 37.5 Å². The van der Waals surface area contributed by atoms with Gasteiger partial charge in [0.05, 0.1) is 30.6 Å². The Morgan fingerprint density at radius 2 is 1.76 bits per heavy atom. The number of rotatable bonds is 5. The quantitative estimate of drug-likeness (QED) is 0.725. The maximum atomic E-state index is 12.7. The van der Waals surface area contributed by atoms with Crippen LogP contribution in [0.4, 0.5) is 0 Å². The summed E-state index contributed by atoms with van der Waals surface area (Å²) in [6.45, 7) is 3.51. The van der Waals surface area contributed by atoms with Gasteiger partial charge in [-0.1, -0.05) is 48.0 Å². The number of nitrogens with zero attached hydrogens (tertiary/aromatic N) is 3. The number of carbonyl (C=O) groups excluding carboxylic acids is 1. The first-order valence-corrected chi connectivity index (χ1v) is 10.2. The summed E-state index contributed by atoms with van der Waals surface area (Å²) >= 11 is 0. The van der Waals surface area contributed by atoms with E-state index < -0.39 is 0 Å². The Balaban J connectivity index is 1.45. The third kappa shape index (κ3) is 4.25. The molecular weight excluding hydrogens is 362 g/mol. The topological polar surface area (TPSA) is 58.4 Å². The van der Waals surface area contributed by atoms with Crippen LogP contribution in [-0.4, -0.2) is 38.8 Å². The molecule has 0 radical (unpaired) electrons. The molecule has 1 amide bonds. The Morgan fingerprint density at radius 3 is 2.41 bits per heavy atom. The van der Waals surface area contributed by atoms with E-state index in [-0.39, 0.29) is 18.4 Å². The number of piperidine rings is 1. The van der Waals surface area contributed by atoms with Gasteiger partial charge >= 0.3 is 0 Å². The highest BCUT2D eigenvalue weighted by Crippen LogP contribution is 2.32. The predicted octanol–water partition coefficient (Wildman–Crippen LogP) is 3.62. The molecule has 1 aromatic heterocycles. The minimum absolute atomic E-state index is 0.0191. The van der Waals surface area contributed by atoms with Crippen molar-refractivity contribution in [2.75, 3.05) is 13.1 Å². The number of carbonyl (C=O) groups is 1. The molecule has 3 aromatic rings. The van der Waals surface area contributed by atoms with E-state index in [1.807, 2.05) is 52.0 Å². The summed E-state index contributed by atoms with van der Waals surface area (Å²) in [5.74, 6) is 0.467. The van der Waals surface area contributed by atoms with Crippen molar-refractivity contribution < 1.29 is 9.90 Å². The summed E-state index contributed by atoms with van der Waals surface area (Å²) in [5, 5.41) is 14.3. The Labute approximate surface area is 171 Å². The van der Waals surface area contributed by atoms with Crippen molar-refractivity contribution in [3.05, 3.63) is 83.2 Å². The lowest BCUT2D eigenvalue weighted by molar-refractivity contribution is -0.131. The molecule has 0 saturated carbocycles. The first-order chi connectivity index (χ1) is 14.2. The number of hydrogen-bond donors (Lipinski definition) is 1. The van der Waals surface area contributed by atoms with Crippen molar-refractivity contribution in [2.45, 2.75) is 38.7 Å². The molecular formula is C24H27N3O2. The summed E-state index contributed by atoms with van der Waals surface area (Å²) in [6.07, 6.45) is 3.97. The van der Waals surface area contributed by atoms with Gasteiger partial charge in [-0.3, -0.25) is 4.79 Å². The lowest BCUT2D eigenvalue weighted by Gasteiger charge is -2.33. The Kier molecular flexibility index (Phi) is 5.76. The van der Waals surface area contributed by atoms with Crippen LogP contribution < -0.4 is 0 Å². The maximum absolute atomic E-state index is 12.7. The minimum Gasteiger partial charge on any atom is -0.392 e. The van der Waals surface area contributed by atoms with Crippen molar-refractivity contribution in [3.63, 3.8) is 0 Å². The van der Waals surface area contributed by atoms with E-state index in [4.69, 9.17) is 0 Å². The summed E-state index contributed by atoms with van der Waals surface area (Å²) < 4.78 is 1.94. The van der Waals surface area contributed by atoms with Crippen molar-refractivity contribution in [3.8, 4) is 5.69 Å². The van der Waals surface area contributed by atoms with E-state index in [0.29, 0.717) is 6.42 Å². The third-order valence-corrected chi connectivity index (χ3v) is 5.77.